The number of fused-ring (bicyclic) bond motifs is 1. The predicted octanol–water partition coefficient (Wildman–Crippen LogP) is 4.81. The first kappa shape index (κ1) is 20.1. The number of anilines is 2. The van der Waals surface area contributed by atoms with Crippen LogP contribution in [0, 0.1) is 13.8 Å². The number of carbonyl (C=O) groups is 1. The van der Waals surface area contributed by atoms with Gasteiger partial charge in [-0.25, -0.2) is 9.97 Å². The normalized spacial score (nSPS) is 14.8. The third-order valence-electron chi connectivity index (χ3n) is 5.03. The van der Waals surface area contributed by atoms with Gasteiger partial charge in [-0.3, -0.25) is 4.79 Å². The molecule has 0 aliphatic carbocycles. The van der Waals surface area contributed by atoms with E-state index in [4.69, 9.17) is 4.98 Å². The summed E-state index contributed by atoms with van der Waals surface area (Å²) in [7, 11) is 0. The van der Waals surface area contributed by atoms with E-state index < -0.39 is 0 Å². The number of aryl methyl sites for hydroxylation is 2. The summed E-state index contributed by atoms with van der Waals surface area (Å²) in [5.41, 5.74) is 3.77. The standard InChI is InChI=1S/C21H25N5OS2/c1-14-7-8-15(2)16(11-14)24-17(27)12-28-20-18-19(22-13-23-20)25-21(29-18)26-9-5-3-4-6-10-26/h7-8,11,13H,3-6,9-10,12H2,1-2H3,(H,24,27). The van der Waals surface area contributed by atoms with Crippen LogP contribution in [0.4, 0.5) is 10.8 Å². The topological polar surface area (TPSA) is 71.0 Å². The first-order valence-corrected chi connectivity index (χ1v) is 11.8. The van der Waals surface area contributed by atoms with Crippen molar-refractivity contribution in [1.29, 1.82) is 0 Å². The van der Waals surface area contributed by atoms with Gasteiger partial charge in [-0.2, -0.15) is 4.98 Å². The molecule has 1 aliphatic heterocycles. The zero-order chi connectivity index (χ0) is 20.2. The highest BCUT2D eigenvalue weighted by Crippen LogP contribution is 2.34. The Morgan fingerprint density at radius 3 is 2.76 bits per heavy atom. The average Bonchev–Trinajstić information content (AvgIpc) is 2.96. The van der Waals surface area contributed by atoms with Crippen LogP contribution in [0.3, 0.4) is 0 Å². The Hall–Kier alpha value is -2.19. The number of hydrogen-bond acceptors (Lipinski definition) is 7. The minimum absolute atomic E-state index is 0.0345. The molecule has 3 heterocycles. The number of thioether (sulfide) groups is 1. The van der Waals surface area contributed by atoms with Crippen molar-refractivity contribution in [2.75, 3.05) is 29.1 Å². The summed E-state index contributed by atoms with van der Waals surface area (Å²) in [6.45, 7) is 6.12. The second-order valence-electron chi connectivity index (χ2n) is 7.38. The van der Waals surface area contributed by atoms with Crippen molar-refractivity contribution in [2.24, 2.45) is 0 Å². The lowest BCUT2D eigenvalue weighted by molar-refractivity contribution is -0.113. The van der Waals surface area contributed by atoms with Crippen molar-refractivity contribution >= 4 is 50.2 Å². The summed E-state index contributed by atoms with van der Waals surface area (Å²) in [5.74, 6) is 0.268. The zero-order valence-electron chi connectivity index (χ0n) is 16.8. The Balaban J connectivity index is 1.46. The summed E-state index contributed by atoms with van der Waals surface area (Å²) in [6, 6.07) is 6.06. The summed E-state index contributed by atoms with van der Waals surface area (Å²) in [5, 5.41) is 4.85. The zero-order valence-corrected chi connectivity index (χ0v) is 18.4. The fourth-order valence-corrected chi connectivity index (χ4v) is 5.36. The molecule has 1 aromatic carbocycles. The van der Waals surface area contributed by atoms with Crippen molar-refractivity contribution in [3.05, 3.63) is 35.7 Å². The van der Waals surface area contributed by atoms with Gasteiger partial charge in [-0.15, -0.1) is 0 Å². The molecule has 0 unspecified atom stereocenters. The second-order valence-corrected chi connectivity index (χ2v) is 9.33. The van der Waals surface area contributed by atoms with Crippen molar-refractivity contribution in [3.8, 4) is 0 Å². The minimum atomic E-state index is -0.0345. The number of hydrogen-bond donors (Lipinski definition) is 1. The third-order valence-corrected chi connectivity index (χ3v) is 7.26. The summed E-state index contributed by atoms with van der Waals surface area (Å²) < 4.78 is 0.969. The van der Waals surface area contributed by atoms with Gasteiger partial charge in [0.15, 0.2) is 10.8 Å². The number of thiazole rings is 1. The van der Waals surface area contributed by atoms with Crippen LogP contribution in [0.1, 0.15) is 36.8 Å². The van der Waals surface area contributed by atoms with Crippen LogP contribution < -0.4 is 10.2 Å². The molecule has 0 spiro atoms. The molecule has 0 bridgehead atoms. The van der Waals surface area contributed by atoms with Gasteiger partial charge < -0.3 is 10.2 Å². The van der Waals surface area contributed by atoms with E-state index in [-0.39, 0.29) is 5.91 Å². The highest BCUT2D eigenvalue weighted by molar-refractivity contribution is 8.00. The van der Waals surface area contributed by atoms with Crippen LogP contribution in [0.25, 0.3) is 10.3 Å². The molecule has 1 fully saturated rings. The van der Waals surface area contributed by atoms with Crippen molar-refractivity contribution in [2.45, 2.75) is 44.6 Å². The molecule has 1 aliphatic rings. The van der Waals surface area contributed by atoms with Gasteiger partial charge in [-0.1, -0.05) is 48.1 Å². The molecule has 1 saturated heterocycles. The smallest absolute Gasteiger partial charge is 0.234 e. The molecule has 8 heteroatoms. The van der Waals surface area contributed by atoms with Crippen LogP contribution in [0.15, 0.2) is 29.6 Å². The van der Waals surface area contributed by atoms with Gasteiger partial charge in [0.25, 0.3) is 0 Å². The van der Waals surface area contributed by atoms with E-state index in [1.54, 1.807) is 17.7 Å². The number of benzene rings is 1. The van der Waals surface area contributed by atoms with E-state index in [1.807, 2.05) is 32.0 Å². The fraction of sp³-hybridized carbons (Fsp3) is 0.429. The largest absolute Gasteiger partial charge is 0.348 e. The van der Waals surface area contributed by atoms with E-state index in [9.17, 15) is 4.79 Å². The van der Waals surface area contributed by atoms with Gasteiger partial charge >= 0.3 is 0 Å². The monoisotopic (exact) mass is 427 g/mol. The van der Waals surface area contributed by atoms with Crippen LogP contribution in [-0.4, -0.2) is 39.7 Å². The highest BCUT2D eigenvalue weighted by atomic mass is 32.2. The van der Waals surface area contributed by atoms with Crippen LogP contribution in [-0.2, 0) is 4.79 Å². The maximum atomic E-state index is 12.5. The number of carbonyl (C=O) groups excluding carboxylic acids is 1. The Morgan fingerprint density at radius 2 is 1.97 bits per heavy atom. The third kappa shape index (κ3) is 4.87. The molecule has 29 heavy (non-hydrogen) atoms. The highest BCUT2D eigenvalue weighted by Gasteiger charge is 2.18. The first-order valence-electron chi connectivity index (χ1n) is 9.96. The lowest BCUT2D eigenvalue weighted by atomic mass is 10.1. The maximum Gasteiger partial charge on any atom is 0.234 e. The van der Waals surface area contributed by atoms with Crippen LogP contribution >= 0.6 is 23.1 Å². The molecular weight excluding hydrogens is 402 g/mol. The molecule has 3 aromatic rings. The van der Waals surface area contributed by atoms with Crippen molar-refractivity contribution < 1.29 is 4.79 Å². The number of nitrogens with one attached hydrogen (secondary N) is 1. The number of amides is 1. The molecule has 6 nitrogen and oxygen atoms in total. The van der Waals surface area contributed by atoms with Crippen LogP contribution in [0.2, 0.25) is 0 Å². The average molecular weight is 428 g/mol. The van der Waals surface area contributed by atoms with Gasteiger partial charge in [0, 0.05) is 18.8 Å². The van der Waals surface area contributed by atoms with Gasteiger partial charge in [0.2, 0.25) is 5.91 Å². The van der Waals surface area contributed by atoms with E-state index in [2.05, 4.69) is 20.2 Å². The van der Waals surface area contributed by atoms with Crippen molar-refractivity contribution in [1.82, 2.24) is 15.0 Å². The molecule has 0 atom stereocenters. The molecule has 4 rings (SSSR count). The van der Waals surface area contributed by atoms with E-state index in [0.29, 0.717) is 5.75 Å². The molecule has 2 aromatic heterocycles. The molecule has 0 radical (unpaired) electrons. The number of aromatic nitrogens is 3. The SMILES string of the molecule is Cc1ccc(C)c(NC(=O)CSc2ncnc3nc(N4CCCCCC4)sc23)c1. The van der Waals surface area contributed by atoms with Gasteiger partial charge in [-0.05, 0) is 43.9 Å². The Kier molecular flexibility index (Phi) is 6.30. The lowest BCUT2D eigenvalue weighted by Gasteiger charge is -2.18. The summed E-state index contributed by atoms with van der Waals surface area (Å²) in [6.07, 6.45) is 6.54. The number of nitrogens with zero attached hydrogens (tertiary/aromatic N) is 4. The second kappa shape index (κ2) is 9.09. The predicted molar refractivity (Wildman–Crippen MR) is 121 cm³/mol. The molecule has 1 N–H and O–H groups in total. The molecule has 152 valence electrons. The number of rotatable bonds is 5. The summed E-state index contributed by atoms with van der Waals surface area (Å²) in [4.78, 5) is 28.3. The minimum Gasteiger partial charge on any atom is -0.348 e. The van der Waals surface area contributed by atoms with Crippen molar-refractivity contribution in [3.63, 3.8) is 0 Å². The molecular formula is C21H25N5OS2. The summed E-state index contributed by atoms with van der Waals surface area (Å²) >= 11 is 3.08. The van der Waals surface area contributed by atoms with Gasteiger partial charge in [0.05, 0.1) is 5.75 Å². The van der Waals surface area contributed by atoms with E-state index in [1.165, 1.54) is 37.4 Å². The van der Waals surface area contributed by atoms with Crippen LogP contribution in [0.5, 0.6) is 0 Å². The molecule has 1 amide bonds. The first-order chi connectivity index (χ1) is 14.1. The van der Waals surface area contributed by atoms with Gasteiger partial charge in [0.1, 0.15) is 16.1 Å². The lowest BCUT2D eigenvalue weighted by Crippen LogP contribution is -2.23. The Morgan fingerprint density at radius 1 is 1.17 bits per heavy atom. The Bertz CT molecular complexity index is 1010. The molecule has 0 saturated carbocycles. The van der Waals surface area contributed by atoms with E-state index in [0.717, 1.165) is 50.4 Å². The quantitative estimate of drug-likeness (QED) is 0.465. The fourth-order valence-electron chi connectivity index (χ4n) is 3.41. The Labute approximate surface area is 179 Å². The maximum absolute atomic E-state index is 12.5. The van der Waals surface area contributed by atoms with E-state index >= 15 is 0 Å².